The monoisotopic (exact) mass is 541 g/mol. The molecule has 3 aromatic carbocycles. The quantitative estimate of drug-likeness (QED) is 0.378. The molecule has 0 aliphatic heterocycles. The molecular formula is C28H32ClN3O4S. The van der Waals surface area contributed by atoms with Crippen LogP contribution in [0.3, 0.4) is 0 Å². The molecule has 1 atom stereocenters. The van der Waals surface area contributed by atoms with Crippen molar-refractivity contribution < 1.29 is 18.0 Å². The minimum absolute atomic E-state index is 0.0525. The van der Waals surface area contributed by atoms with Crippen LogP contribution in [0.1, 0.15) is 31.4 Å². The third kappa shape index (κ3) is 7.33. The Labute approximate surface area is 224 Å². The standard InChI is InChI=1S/C28H32ClN3O4S/c1-4-17-30-28(34)22(3)31(19-23-10-8-9-21(2)18-23)27(33)20-32(25-15-13-24(29)14-16-25)37(35,36)26-11-6-5-7-12-26/h5-16,18,22H,4,17,19-20H2,1-3H3,(H,30,34)/t22-/m1/s1. The molecule has 0 aromatic heterocycles. The highest BCUT2D eigenvalue weighted by Crippen LogP contribution is 2.26. The van der Waals surface area contributed by atoms with Crippen LogP contribution in [0.5, 0.6) is 0 Å². The topological polar surface area (TPSA) is 86.8 Å². The number of halogens is 1. The van der Waals surface area contributed by atoms with Crippen molar-refractivity contribution in [3.05, 3.63) is 95.0 Å². The molecule has 0 saturated carbocycles. The average Bonchev–Trinajstić information content (AvgIpc) is 2.89. The van der Waals surface area contributed by atoms with E-state index in [0.717, 1.165) is 21.9 Å². The van der Waals surface area contributed by atoms with Crippen molar-refractivity contribution >= 4 is 39.1 Å². The van der Waals surface area contributed by atoms with Crippen LogP contribution in [-0.4, -0.2) is 44.3 Å². The van der Waals surface area contributed by atoms with Crippen molar-refractivity contribution in [1.82, 2.24) is 10.2 Å². The van der Waals surface area contributed by atoms with Gasteiger partial charge in [0.25, 0.3) is 10.0 Å². The smallest absolute Gasteiger partial charge is 0.264 e. The maximum atomic E-state index is 13.8. The highest BCUT2D eigenvalue weighted by molar-refractivity contribution is 7.92. The number of sulfonamides is 1. The molecule has 0 aliphatic carbocycles. The lowest BCUT2D eigenvalue weighted by Crippen LogP contribution is -2.51. The first-order chi connectivity index (χ1) is 17.6. The van der Waals surface area contributed by atoms with E-state index in [4.69, 9.17) is 11.6 Å². The second-order valence-corrected chi connectivity index (χ2v) is 11.1. The second kappa shape index (κ2) is 12.7. The molecule has 1 N–H and O–H groups in total. The zero-order valence-electron chi connectivity index (χ0n) is 21.2. The summed E-state index contributed by atoms with van der Waals surface area (Å²) in [6.45, 7) is 5.68. The summed E-state index contributed by atoms with van der Waals surface area (Å²) in [5.74, 6) is -0.804. The highest BCUT2D eigenvalue weighted by Gasteiger charge is 2.32. The van der Waals surface area contributed by atoms with Crippen molar-refractivity contribution in [1.29, 1.82) is 0 Å². The lowest BCUT2D eigenvalue weighted by molar-refractivity contribution is -0.139. The number of rotatable bonds is 11. The number of benzene rings is 3. The summed E-state index contributed by atoms with van der Waals surface area (Å²) in [4.78, 5) is 28.1. The van der Waals surface area contributed by atoms with Crippen molar-refractivity contribution in [3.8, 4) is 0 Å². The molecule has 0 bridgehead atoms. The number of nitrogens with zero attached hydrogens (tertiary/aromatic N) is 2. The van der Waals surface area contributed by atoms with Crippen molar-refractivity contribution in [2.75, 3.05) is 17.4 Å². The highest BCUT2D eigenvalue weighted by atomic mass is 35.5. The van der Waals surface area contributed by atoms with Crippen LogP contribution < -0.4 is 9.62 Å². The average molecular weight is 542 g/mol. The van der Waals surface area contributed by atoms with E-state index < -0.39 is 28.5 Å². The Morgan fingerprint density at radius 2 is 1.65 bits per heavy atom. The van der Waals surface area contributed by atoms with Gasteiger partial charge in [0.1, 0.15) is 12.6 Å². The van der Waals surface area contributed by atoms with E-state index in [0.29, 0.717) is 17.3 Å². The Morgan fingerprint density at radius 3 is 2.27 bits per heavy atom. The normalized spacial score (nSPS) is 12.0. The number of amides is 2. The maximum absolute atomic E-state index is 13.8. The van der Waals surface area contributed by atoms with Gasteiger partial charge >= 0.3 is 0 Å². The van der Waals surface area contributed by atoms with E-state index in [-0.39, 0.29) is 17.3 Å². The van der Waals surface area contributed by atoms with Crippen molar-refractivity contribution in [3.63, 3.8) is 0 Å². The second-order valence-electron chi connectivity index (χ2n) is 8.78. The summed E-state index contributed by atoms with van der Waals surface area (Å²) in [5.41, 5.74) is 2.15. The fraction of sp³-hybridized carbons (Fsp3) is 0.286. The van der Waals surface area contributed by atoms with Crippen LogP contribution in [0.15, 0.2) is 83.8 Å². The summed E-state index contributed by atoms with van der Waals surface area (Å²) in [6, 6.07) is 21.0. The fourth-order valence-corrected chi connectivity index (χ4v) is 5.40. The molecule has 2 amide bonds. The Morgan fingerprint density at radius 1 is 0.973 bits per heavy atom. The van der Waals surface area contributed by atoms with Gasteiger partial charge in [-0.2, -0.15) is 0 Å². The van der Waals surface area contributed by atoms with Gasteiger partial charge in [-0.25, -0.2) is 8.42 Å². The number of carbonyl (C=O) groups is 2. The van der Waals surface area contributed by atoms with Gasteiger partial charge < -0.3 is 10.2 Å². The van der Waals surface area contributed by atoms with Crippen LogP contribution in [0.4, 0.5) is 5.69 Å². The number of carbonyl (C=O) groups excluding carboxylic acids is 2. The fourth-order valence-electron chi connectivity index (χ4n) is 3.84. The maximum Gasteiger partial charge on any atom is 0.264 e. The molecule has 9 heteroatoms. The number of hydrogen-bond donors (Lipinski definition) is 1. The third-order valence-electron chi connectivity index (χ3n) is 5.88. The molecule has 7 nitrogen and oxygen atoms in total. The van der Waals surface area contributed by atoms with Crippen LogP contribution >= 0.6 is 11.6 Å². The molecule has 37 heavy (non-hydrogen) atoms. The minimum atomic E-state index is -4.09. The van der Waals surface area contributed by atoms with Gasteiger partial charge in [-0.1, -0.05) is 66.6 Å². The van der Waals surface area contributed by atoms with Gasteiger partial charge in [-0.05, 0) is 62.2 Å². The molecule has 3 rings (SSSR count). The Kier molecular flexibility index (Phi) is 9.72. The van der Waals surface area contributed by atoms with E-state index in [9.17, 15) is 18.0 Å². The Bertz CT molecular complexity index is 1310. The summed E-state index contributed by atoms with van der Waals surface area (Å²) in [5, 5.41) is 3.27. The van der Waals surface area contributed by atoms with Crippen molar-refractivity contribution in [2.24, 2.45) is 0 Å². The van der Waals surface area contributed by atoms with E-state index >= 15 is 0 Å². The summed E-state index contributed by atoms with van der Waals surface area (Å²) >= 11 is 6.04. The van der Waals surface area contributed by atoms with Gasteiger partial charge in [-0.3, -0.25) is 13.9 Å². The first kappa shape index (κ1) is 28.2. The first-order valence-corrected chi connectivity index (χ1v) is 13.9. The molecular weight excluding hydrogens is 510 g/mol. The molecule has 0 spiro atoms. The van der Waals surface area contributed by atoms with Crippen LogP contribution in [0.2, 0.25) is 5.02 Å². The number of aryl methyl sites for hydroxylation is 1. The van der Waals surface area contributed by atoms with E-state index in [1.54, 1.807) is 49.4 Å². The van der Waals surface area contributed by atoms with E-state index in [1.807, 2.05) is 38.1 Å². The molecule has 0 radical (unpaired) electrons. The van der Waals surface area contributed by atoms with Crippen LogP contribution in [0, 0.1) is 6.92 Å². The lowest BCUT2D eigenvalue weighted by atomic mass is 10.1. The lowest BCUT2D eigenvalue weighted by Gasteiger charge is -2.32. The van der Waals surface area contributed by atoms with Gasteiger partial charge in [0.15, 0.2) is 0 Å². The van der Waals surface area contributed by atoms with Gasteiger partial charge in [-0.15, -0.1) is 0 Å². The van der Waals surface area contributed by atoms with E-state index in [1.165, 1.54) is 17.0 Å². The van der Waals surface area contributed by atoms with E-state index in [2.05, 4.69) is 5.32 Å². The third-order valence-corrected chi connectivity index (χ3v) is 7.92. The zero-order valence-corrected chi connectivity index (χ0v) is 22.8. The minimum Gasteiger partial charge on any atom is -0.354 e. The predicted octanol–water partition coefficient (Wildman–Crippen LogP) is 4.79. The number of hydrogen-bond acceptors (Lipinski definition) is 4. The van der Waals surface area contributed by atoms with Gasteiger partial charge in [0.2, 0.25) is 11.8 Å². The molecule has 0 heterocycles. The molecule has 0 unspecified atom stereocenters. The summed E-state index contributed by atoms with van der Waals surface area (Å²) in [6.07, 6.45) is 0.754. The summed E-state index contributed by atoms with van der Waals surface area (Å²) in [7, 11) is -4.09. The molecule has 0 aliphatic rings. The largest absolute Gasteiger partial charge is 0.354 e. The van der Waals surface area contributed by atoms with Crippen molar-refractivity contribution in [2.45, 2.75) is 44.7 Å². The molecule has 0 fully saturated rings. The number of anilines is 1. The zero-order chi connectivity index (χ0) is 27.0. The predicted molar refractivity (Wildman–Crippen MR) is 147 cm³/mol. The van der Waals surface area contributed by atoms with Crippen LogP contribution in [0.25, 0.3) is 0 Å². The van der Waals surface area contributed by atoms with Crippen LogP contribution in [-0.2, 0) is 26.2 Å². The molecule has 3 aromatic rings. The SMILES string of the molecule is CCCNC(=O)[C@@H](C)N(Cc1cccc(C)c1)C(=O)CN(c1ccc(Cl)cc1)S(=O)(=O)c1ccccc1. The Hall–Kier alpha value is -3.36. The summed E-state index contributed by atoms with van der Waals surface area (Å²) < 4.78 is 28.4. The van der Waals surface area contributed by atoms with Gasteiger partial charge in [0.05, 0.1) is 10.6 Å². The molecule has 0 saturated heterocycles. The number of nitrogens with one attached hydrogen (secondary N) is 1. The van der Waals surface area contributed by atoms with Gasteiger partial charge in [0, 0.05) is 18.1 Å². The Balaban J connectivity index is 2.00. The molecule has 196 valence electrons. The first-order valence-electron chi connectivity index (χ1n) is 12.1.